The molecule has 2 aromatic heterocycles. The van der Waals surface area contributed by atoms with E-state index in [-0.39, 0.29) is 22.8 Å². The molecule has 126 valence electrons. The highest BCUT2D eigenvalue weighted by Crippen LogP contribution is 2.19. The lowest BCUT2D eigenvalue weighted by atomic mass is 10.0. The van der Waals surface area contributed by atoms with E-state index < -0.39 is 0 Å². The zero-order valence-corrected chi connectivity index (χ0v) is 16.4. The van der Waals surface area contributed by atoms with Crippen molar-refractivity contribution in [2.75, 3.05) is 13.6 Å². The average Bonchev–Trinajstić information content (AvgIpc) is 2.93. The fourth-order valence-corrected chi connectivity index (χ4v) is 2.82. The van der Waals surface area contributed by atoms with Crippen molar-refractivity contribution in [2.24, 2.45) is 0 Å². The van der Waals surface area contributed by atoms with Crippen LogP contribution in [0.4, 0.5) is 0 Å². The van der Waals surface area contributed by atoms with Crippen molar-refractivity contribution in [3.05, 3.63) is 64.1 Å². The molecule has 0 spiro atoms. The van der Waals surface area contributed by atoms with Crippen LogP contribution in [0.5, 0.6) is 0 Å². The number of halogens is 2. The monoisotopic (exact) mass is 452 g/mol. The number of rotatable bonds is 6. The molecule has 0 bridgehead atoms. The van der Waals surface area contributed by atoms with Gasteiger partial charge in [-0.1, -0.05) is 15.9 Å². The number of nitrogens with two attached hydrogens (primary N) is 1. The summed E-state index contributed by atoms with van der Waals surface area (Å²) >= 11 is 3.40. The SMILES string of the molecule is C[NH2+]CCCc1nc2ncccn2c1C(=O)c1ccc(Br)cc1.[Br-]. The second kappa shape index (κ2) is 8.50. The number of fused-ring (bicyclic) bond motifs is 1. The molecule has 0 saturated carbocycles. The lowest BCUT2D eigenvalue weighted by Crippen LogP contribution is -3.00. The van der Waals surface area contributed by atoms with E-state index in [4.69, 9.17) is 0 Å². The summed E-state index contributed by atoms with van der Waals surface area (Å²) in [5, 5.41) is 2.13. The van der Waals surface area contributed by atoms with E-state index in [0.717, 1.165) is 29.6 Å². The third-order valence-corrected chi connectivity index (χ3v) is 4.23. The molecule has 0 atom stereocenters. The summed E-state index contributed by atoms with van der Waals surface area (Å²) in [6.45, 7) is 1.01. The molecule has 0 unspecified atom stereocenters. The minimum absolute atomic E-state index is 0. The van der Waals surface area contributed by atoms with E-state index in [1.807, 2.05) is 43.6 Å². The predicted octanol–water partition coefficient (Wildman–Crippen LogP) is -1.15. The number of imidazole rings is 1. The number of hydrogen-bond acceptors (Lipinski definition) is 3. The van der Waals surface area contributed by atoms with E-state index in [1.54, 1.807) is 10.6 Å². The maximum atomic E-state index is 13.0. The Morgan fingerprint density at radius 1 is 1.29 bits per heavy atom. The van der Waals surface area contributed by atoms with Gasteiger partial charge in [0.15, 0.2) is 0 Å². The van der Waals surface area contributed by atoms with Crippen LogP contribution in [-0.2, 0) is 6.42 Å². The topological polar surface area (TPSA) is 63.9 Å². The molecule has 0 amide bonds. The highest BCUT2D eigenvalue weighted by molar-refractivity contribution is 9.10. The minimum Gasteiger partial charge on any atom is -1.00 e. The molecule has 5 nitrogen and oxygen atoms in total. The molecule has 2 heterocycles. The highest BCUT2D eigenvalue weighted by atomic mass is 79.9. The molecule has 3 rings (SSSR count). The van der Waals surface area contributed by atoms with Crippen molar-refractivity contribution in [1.29, 1.82) is 0 Å². The van der Waals surface area contributed by atoms with Gasteiger partial charge < -0.3 is 22.3 Å². The van der Waals surface area contributed by atoms with Gasteiger partial charge in [-0.15, -0.1) is 0 Å². The number of hydrogen-bond donors (Lipinski definition) is 1. The first-order valence-corrected chi connectivity index (χ1v) is 8.40. The number of carbonyl (C=O) groups excluding carboxylic acids is 1. The molecule has 24 heavy (non-hydrogen) atoms. The average molecular weight is 454 g/mol. The zero-order chi connectivity index (χ0) is 16.2. The van der Waals surface area contributed by atoms with Crippen molar-refractivity contribution < 1.29 is 27.1 Å². The van der Waals surface area contributed by atoms with Gasteiger partial charge in [0.05, 0.1) is 19.3 Å². The standard InChI is InChI=1S/C17H17BrN4O.BrH/c1-19-9-2-4-14-15(22-11-3-10-20-17(22)21-14)16(23)12-5-7-13(18)8-6-12;/h3,5-8,10-11,19H,2,4,9H2,1H3;1H. The normalized spacial score (nSPS) is 10.6. The maximum absolute atomic E-state index is 13.0. The first-order chi connectivity index (χ1) is 11.2. The van der Waals surface area contributed by atoms with Gasteiger partial charge in [-0.2, -0.15) is 0 Å². The van der Waals surface area contributed by atoms with Crippen LogP contribution < -0.4 is 22.3 Å². The summed E-state index contributed by atoms with van der Waals surface area (Å²) in [6, 6.07) is 9.22. The van der Waals surface area contributed by atoms with Gasteiger partial charge >= 0.3 is 0 Å². The molecule has 0 fully saturated rings. The van der Waals surface area contributed by atoms with Crippen LogP contribution in [0.2, 0.25) is 0 Å². The molecule has 0 aliphatic heterocycles. The van der Waals surface area contributed by atoms with Crippen LogP contribution in [0.3, 0.4) is 0 Å². The molecule has 0 saturated heterocycles. The van der Waals surface area contributed by atoms with Gasteiger partial charge in [-0.25, -0.2) is 9.97 Å². The van der Waals surface area contributed by atoms with Crippen LogP contribution in [0.1, 0.15) is 28.2 Å². The molecule has 3 aromatic rings. The first-order valence-electron chi connectivity index (χ1n) is 7.60. The van der Waals surface area contributed by atoms with Crippen LogP contribution in [0, 0.1) is 0 Å². The summed E-state index contributed by atoms with van der Waals surface area (Å²) in [7, 11) is 2.04. The Morgan fingerprint density at radius 2 is 2.04 bits per heavy atom. The minimum atomic E-state index is -0.0199. The number of aryl methyl sites for hydroxylation is 1. The van der Waals surface area contributed by atoms with Crippen LogP contribution >= 0.6 is 15.9 Å². The number of ketones is 1. The van der Waals surface area contributed by atoms with E-state index in [1.165, 1.54) is 0 Å². The fraction of sp³-hybridized carbons (Fsp3) is 0.235. The number of quaternary nitrogens is 1. The third-order valence-electron chi connectivity index (χ3n) is 3.70. The maximum Gasteiger partial charge on any atom is 0.234 e. The fourth-order valence-electron chi connectivity index (χ4n) is 2.56. The van der Waals surface area contributed by atoms with E-state index in [0.29, 0.717) is 17.0 Å². The summed E-state index contributed by atoms with van der Waals surface area (Å²) in [5.41, 5.74) is 2.09. The predicted molar refractivity (Wildman–Crippen MR) is 91.6 cm³/mol. The van der Waals surface area contributed by atoms with Crippen LogP contribution in [-0.4, -0.2) is 33.7 Å². The van der Waals surface area contributed by atoms with Gasteiger partial charge in [0.2, 0.25) is 11.6 Å². The van der Waals surface area contributed by atoms with E-state index in [9.17, 15) is 4.79 Å². The molecule has 7 heteroatoms. The van der Waals surface area contributed by atoms with Crippen molar-refractivity contribution >= 4 is 27.5 Å². The molecule has 1 aromatic carbocycles. The van der Waals surface area contributed by atoms with Crippen molar-refractivity contribution in [3.63, 3.8) is 0 Å². The Morgan fingerprint density at radius 3 is 2.75 bits per heavy atom. The Bertz CT molecular complexity index is 830. The first kappa shape index (κ1) is 18.8. The van der Waals surface area contributed by atoms with Gasteiger partial charge in [0.25, 0.3) is 0 Å². The molecule has 2 N–H and O–H groups in total. The Labute approximate surface area is 159 Å². The Kier molecular flexibility index (Phi) is 6.65. The Hall–Kier alpha value is -1.57. The number of carbonyl (C=O) groups is 1. The zero-order valence-electron chi connectivity index (χ0n) is 13.2. The number of aromatic nitrogens is 3. The third kappa shape index (κ3) is 3.91. The van der Waals surface area contributed by atoms with Crippen molar-refractivity contribution in [3.8, 4) is 0 Å². The molecule has 0 aliphatic carbocycles. The van der Waals surface area contributed by atoms with Crippen molar-refractivity contribution in [2.45, 2.75) is 12.8 Å². The summed E-state index contributed by atoms with van der Waals surface area (Å²) in [4.78, 5) is 21.8. The number of benzene rings is 1. The van der Waals surface area contributed by atoms with Crippen LogP contribution in [0.15, 0.2) is 47.2 Å². The highest BCUT2D eigenvalue weighted by Gasteiger charge is 2.20. The van der Waals surface area contributed by atoms with Gasteiger partial charge in [-0.3, -0.25) is 9.20 Å². The lowest BCUT2D eigenvalue weighted by molar-refractivity contribution is -0.627. The second-order valence-corrected chi connectivity index (χ2v) is 6.25. The number of nitrogens with zero attached hydrogens (tertiary/aromatic N) is 3. The van der Waals surface area contributed by atoms with E-state index >= 15 is 0 Å². The quantitative estimate of drug-likeness (QED) is 0.378. The summed E-state index contributed by atoms with van der Waals surface area (Å²) in [5.74, 6) is 0.553. The molecule has 0 aliphatic rings. The van der Waals surface area contributed by atoms with Gasteiger partial charge in [-0.05, 0) is 36.8 Å². The summed E-state index contributed by atoms with van der Waals surface area (Å²) in [6.07, 6.45) is 5.28. The van der Waals surface area contributed by atoms with Gasteiger partial charge in [0.1, 0.15) is 5.69 Å². The van der Waals surface area contributed by atoms with Crippen LogP contribution in [0.25, 0.3) is 5.78 Å². The second-order valence-electron chi connectivity index (χ2n) is 5.33. The van der Waals surface area contributed by atoms with Crippen molar-refractivity contribution in [1.82, 2.24) is 14.4 Å². The largest absolute Gasteiger partial charge is 1.00 e. The Balaban J connectivity index is 0.00000208. The van der Waals surface area contributed by atoms with E-state index in [2.05, 4.69) is 31.2 Å². The summed E-state index contributed by atoms with van der Waals surface area (Å²) < 4.78 is 2.74. The molecule has 0 radical (unpaired) electrons. The smallest absolute Gasteiger partial charge is 0.234 e. The molecular weight excluding hydrogens is 436 g/mol. The lowest BCUT2D eigenvalue weighted by Gasteiger charge is -2.04. The molecular formula is C17H18Br2N4O. The van der Waals surface area contributed by atoms with Gasteiger partial charge in [0, 0.05) is 28.9 Å².